The van der Waals surface area contributed by atoms with Gasteiger partial charge in [0.2, 0.25) is 0 Å². The number of carbonyl (C=O) groups excluding carboxylic acids is 1. The summed E-state index contributed by atoms with van der Waals surface area (Å²) in [6.07, 6.45) is 5.83. The number of fused-ring (bicyclic) bond motifs is 1. The van der Waals surface area contributed by atoms with Gasteiger partial charge in [-0.1, -0.05) is 0 Å². The SMILES string of the molecule is O=C(NCc1cn2cc(Br)ccc2n1)c1cc([N+](=O)[O-])ccc1N1CCCC1. The summed E-state index contributed by atoms with van der Waals surface area (Å²) in [6, 6.07) is 8.24. The van der Waals surface area contributed by atoms with Gasteiger partial charge in [-0.25, -0.2) is 4.98 Å². The number of amides is 1. The summed E-state index contributed by atoms with van der Waals surface area (Å²) < 4.78 is 2.80. The van der Waals surface area contributed by atoms with E-state index in [0.29, 0.717) is 11.3 Å². The minimum absolute atomic E-state index is 0.0920. The lowest BCUT2D eigenvalue weighted by molar-refractivity contribution is -0.384. The van der Waals surface area contributed by atoms with E-state index < -0.39 is 4.92 Å². The van der Waals surface area contributed by atoms with Crippen molar-refractivity contribution in [2.75, 3.05) is 18.0 Å². The van der Waals surface area contributed by atoms with Crippen molar-refractivity contribution in [2.45, 2.75) is 19.4 Å². The molecule has 2 aromatic heterocycles. The Balaban J connectivity index is 1.57. The third-order valence-electron chi connectivity index (χ3n) is 4.78. The van der Waals surface area contributed by atoms with Gasteiger partial charge in [0.1, 0.15) is 5.65 Å². The Morgan fingerprint density at radius 3 is 2.75 bits per heavy atom. The maximum absolute atomic E-state index is 12.8. The van der Waals surface area contributed by atoms with Gasteiger partial charge in [-0.3, -0.25) is 14.9 Å². The molecule has 3 aromatic rings. The van der Waals surface area contributed by atoms with Crippen LogP contribution < -0.4 is 10.2 Å². The van der Waals surface area contributed by atoms with Crippen LogP contribution in [0.25, 0.3) is 5.65 Å². The summed E-state index contributed by atoms with van der Waals surface area (Å²) in [5.74, 6) is -0.344. The first-order valence-corrected chi connectivity index (χ1v) is 9.75. The highest BCUT2D eigenvalue weighted by atomic mass is 79.9. The van der Waals surface area contributed by atoms with E-state index in [4.69, 9.17) is 0 Å². The molecule has 4 rings (SSSR count). The van der Waals surface area contributed by atoms with E-state index in [1.807, 2.05) is 28.9 Å². The lowest BCUT2D eigenvalue weighted by Gasteiger charge is -2.20. The van der Waals surface area contributed by atoms with Gasteiger partial charge in [-0.15, -0.1) is 0 Å². The third-order valence-corrected chi connectivity index (χ3v) is 5.25. The monoisotopic (exact) mass is 443 g/mol. The van der Waals surface area contributed by atoms with Crippen LogP contribution in [0.5, 0.6) is 0 Å². The Hall–Kier alpha value is -2.94. The van der Waals surface area contributed by atoms with Crippen molar-refractivity contribution in [3.05, 3.63) is 68.6 Å². The Labute approximate surface area is 169 Å². The first-order valence-electron chi connectivity index (χ1n) is 8.96. The lowest BCUT2D eigenvalue weighted by Crippen LogP contribution is -2.27. The molecule has 8 nitrogen and oxygen atoms in total. The standard InChI is InChI=1S/C19H18BrN5O3/c20-13-3-6-18-22-14(12-24(18)11-13)10-21-19(26)16-9-15(25(27)28)4-5-17(16)23-7-1-2-8-23/h3-6,9,11-12H,1-2,7-8,10H2,(H,21,26). The molecule has 0 spiro atoms. The molecule has 1 N–H and O–H groups in total. The van der Waals surface area contributed by atoms with Crippen LogP contribution in [0.2, 0.25) is 0 Å². The van der Waals surface area contributed by atoms with Gasteiger partial charge < -0.3 is 14.6 Å². The molecule has 1 aliphatic rings. The fraction of sp³-hybridized carbons (Fsp3) is 0.263. The first kappa shape index (κ1) is 18.4. The smallest absolute Gasteiger partial charge is 0.270 e. The number of nitrogens with one attached hydrogen (secondary N) is 1. The van der Waals surface area contributed by atoms with Crippen LogP contribution in [-0.4, -0.2) is 33.3 Å². The Morgan fingerprint density at radius 2 is 2.00 bits per heavy atom. The van der Waals surface area contributed by atoms with Crippen LogP contribution in [0.4, 0.5) is 11.4 Å². The van der Waals surface area contributed by atoms with E-state index >= 15 is 0 Å². The average Bonchev–Trinajstić information content (AvgIpc) is 3.34. The number of pyridine rings is 1. The Kier molecular flexibility index (Phi) is 4.99. The number of benzene rings is 1. The second kappa shape index (κ2) is 7.59. The maximum atomic E-state index is 12.8. The zero-order valence-electron chi connectivity index (χ0n) is 15.0. The van der Waals surface area contributed by atoms with Crippen molar-refractivity contribution >= 4 is 38.9 Å². The highest BCUT2D eigenvalue weighted by Gasteiger charge is 2.22. The number of aromatic nitrogens is 2. The molecule has 1 fully saturated rings. The number of anilines is 1. The van der Waals surface area contributed by atoms with Gasteiger partial charge in [0.25, 0.3) is 11.6 Å². The highest BCUT2D eigenvalue weighted by Crippen LogP contribution is 2.28. The minimum atomic E-state index is -0.482. The molecule has 9 heteroatoms. The van der Waals surface area contributed by atoms with Crippen LogP contribution in [0.3, 0.4) is 0 Å². The van der Waals surface area contributed by atoms with Crippen molar-refractivity contribution in [1.82, 2.24) is 14.7 Å². The van der Waals surface area contributed by atoms with Crippen LogP contribution in [0.15, 0.2) is 47.2 Å². The maximum Gasteiger partial charge on any atom is 0.270 e. The molecular weight excluding hydrogens is 426 g/mol. The number of rotatable bonds is 5. The van der Waals surface area contributed by atoms with Crippen LogP contribution in [-0.2, 0) is 6.54 Å². The predicted octanol–water partition coefficient (Wildman–Crippen LogP) is 3.54. The molecule has 1 amide bonds. The normalized spacial score (nSPS) is 13.8. The largest absolute Gasteiger partial charge is 0.371 e. The molecule has 3 heterocycles. The number of hydrogen-bond donors (Lipinski definition) is 1. The molecule has 1 aromatic carbocycles. The second-order valence-electron chi connectivity index (χ2n) is 6.68. The van der Waals surface area contributed by atoms with Crippen molar-refractivity contribution < 1.29 is 9.72 Å². The Bertz CT molecular complexity index is 1060. The van der Waals surface area contributed by atoms with Crippen molar-refractivity contribution in [3.63, 3.8) is 0 Å². The Morgan fingerprint density at radius 1 is 1.21 bits per heavy atom. The third kappa shape index (κ3) is 3.70. The first-order chi connectivity index (χ1) is 13.5. The molecule has 0 aliphatic carbocycles. The van der Waals surface area contributed by atoms with Crippen LogP contribution in [0, 0.1) is 10.1 Å². The molecule has 1 aliphatic heterocycles. The number of imidazole rings is 1. The molecule has 144 valence electrons. The van der Waals surface area contributed by atoms with Gasteiger partial charge in [-0.2, -0.15) is 0 Å². The van der Waals surface area contributed by atoms with Gasteiger partial charge in [-0.05, 0) is 47.0 Å². The van der Waals surface area contributed by atoms with E-state index in [9.17, 15) is 14.9 Å². The fourth-order valence-corrected chi connectivity index (χ4v) is 3.77. The summed E-state index contributed by atoms with van der Waals surface area (Å²) in [5, 5.41) is 14.0. The molecule has 0 radical (unpaired) electrons. The van der Waals surface area contributed by atoms with E-state index in [-0.39, 0.29) is 18.1 Å². The van der Waals surface area contributed by atoms with Gasteiger partial charge in [0, 0.05) is 42.1 Å². The second-order valence-corrected chi connectivity index (χ2v) is 7.60. The molecule has 28 heavy (non-hydrogen) atoms. The van der Waals surface area contributed by atoms with E-state index in [2.05, 4.69) is 31.1 Å². The molecule has 0 bridgehead atoms. The summed E-state index contributed by atoms with van der Waals surface area (Å²) >= 11 is 3.42. The topological polar surface area (TPSA) is 92.8 Å². The van der Waals surface area contributed by atoms with Crippen molar-refractivity contribution in [1.29, 1.82) is 0 Å². The molecule has 0 atom stereocenters. The van der Waals surface area contributed by atoms with E-state index in [1.165, 1.54) is 12.1 Å². The van der Waals surface area contributed by atoms with Crippen molar-refractivity contribution in [2.24, 2.45) is 0 Å². The average molecular weight is 444 g/mol. The number of nitrogens with zero attached hydrogens (tertiary/aromatic N) is 4. The van der Waals surface area contributed by atoms with E-state index in [1.54, 1.807) is 6.07 Å². The summed E-state index contributed by atoms with van der Waals surface area (Å²) in [5.41, 5.74) is 2.45. The van der Waals surface area contributed by atoms with Crippen LogP contribution in [0.1, 0.15) is 28.9 Å². The molecule has 0 unspecified atom stereocenters. The summed E-state index contributed by atoms with van der Waals surface area (Å²) in [4.78, 5) is 30.1. The molecular formula is C19H18BrN5O3. The zero-order chi connectivity index (χ0) is 19.7. The number of halogens is 1. The lowest BCUT2D eigenvalue weighted by atomic mass is 10.1. The van der Waals surface area contributed by atoms with Gasteiger partial charge in [0.05, 0.1) is 28.4 Å². The fourth-order valence-electron chi connectivity index (χ4n) is 3.42. The molecule has 0 saturated carbocycles. The number of hydrogen-bond acceptors (Lipinski definition) is 5. The number of non-ortho nitro benzene ring substituents is 1. The summed E-state index contributed by atoms with van der Waals surface area (Å²) in [7, 11) is 0. The van der Waals surface area contributed by atoms with Crippen molar-refractivity contribution in [3.8, 4) is 0 Å². The number of carbonyl (C=O) groups is 1. The highest BCUT2D eigenvalue weighted by molar-refractivity contribution is 9.10. The van der Waals surface area contributed by atoms with Gasteiger partial charge >= 0.3 is 0 Å². The quantitative estimate of drug-likeness (QED) is 0.480. The van der Waals surface area contributed by atoms with Crippen LogP contribution >= 0.6 is 15.9 Å². The number of nitro groups is 1. The number of nitro benzene ring substituents is 1. The zero-order valence-corrected chi connectivity index (χ0v) is 16.6. The summed E-state index contributed by atoms with van der Waals surface area (Å²) in [6.45, 7) is 1.93. The van der Waals surface area contributed by atoms with Gasteiger partial charge in [0.15, 0.2) is 0 Å². The molecule has 1 saturated heterocycles. The predicted molar refractivity (Wildman–Crippen MR) is 109 cm³/mol. The van der Waals surface area contributed by atoms with E-state index in [0.717, 1.165) is 41.7 Å². The minimum Gasteiger partial charge on any atom is -0.371 e.